The van der Waals surface area contributed by atoms with Crippen LogP contribution in [0.2, 0.25) is 0 Å². The number of rotatable bonds is 1. The Labute approximate surface area is 82.6 Å². The summed E-state index contributed by atoms with van der Waals surface area (Å²) in [7, 11) is 0. The Morgan fingerprint density at radius 2 is 2.07 bits per heavy atom. The van der Waals surface area contributed by atoms with Gasteiger partial charge in [-0.3, -0.25) is 9.97 Å². The predicted molar refractivity (Wildman–Crippen MR) is 56.6 cm³/mol. The van der Waals surface area contributed by atoms with Crippen molar-refractivity contribution < 1.29 is 0 Å². The molecule has 0 aliphatic heterocycles. The van der Waals surface area contributed by atoms with Crippen LogP contribution in [-0.2, 0) is 0 Å². The average Bonchev–Trinajstić information content (AvgIpc) is 2.23. The molecule has 2 aromatic rings. The maximum atomic E-state index is 5.69. The molecule has 0 spiro atoms. The highest BCUT2D eigenvalue weighted by atomic mass is 14.8. The number of hydrogen-bond donors (Lipinski definition) is 1. The molecule has 2 aromatic heterocycles. The first kappa shape index (κ1) is 8.69. The van der Waals surface area contributed by atoms with Crippen molar-refractivity contribution in [3.05, 3.63) is 42.4 Å². The van der Waals surface area contributed by atoms with E-state index in [4.69, 9.17) is 5.73 Å². The normalized spacial score (nSPS) is 10.1. The van der Waals surface area contributed by atoms with E-state index in [0.717, 1.165) is 22.6 Å². The standard InChI is InChI=1S/C11H11N3/c1-8-10(12)4-5-11(14-8)9-3-2-6-13-7-9/h2-7H,12H2,1H3. The molecule has 0 radical (unpaired) electrons. The number of anilines is 1. The van der Waals surface area contributed by atoms with Crippen LogP contribution in [0.1, 0.15) is 5.69 Å². The molecule has 0 fully saturated rings. The van der Waals surface area contributed by atoms with Gasteiger partial charge in [-0.25, -0.2) is 0 Å². The molecule has 2 N–H and O–H groups in total. The zero-order chi connectivity index (χ0) is 9.97. The average molecular weight is 185 g/mol. The van der Waals surface area contributed by atoms with Crippen LogP contribution in [-0.4, -0.2) is 9.97 Å². The number of hydrogen-bond acceptors (Lipinski definition) is 3. The van der Waals surface area contributed by atoms with Gasteiger partial charge >= 0.3 is 0 Å². The van der Waals surface area contributed by atoms with Crippen LogP contribution in [0, 0.1) is 6.92 Å². The van der Waals surface area contributed by atoms with E-state index in [1.165, 1.54) is 0 Å². The molecule has 0 unspecified atom stereocenters. The number of aromatic nitrogens is 2. The first-order valence-corrected chi connectivity index (χ1v) is 4.41. The van der Waals surface area contributed by atoms with Crippen molar-refractivity contribution in [1.29, 1.82) is 0 Å². The number of nitrogens with zero attached hydrogens (tertiary/aromatic N) is 2. The minimum absolute atomic E-state index is 0.720. The lowest BCUT2D eigenvalue weighted by molar-refractivity contribution is 1.20. The lowest BCUT2D eigenvalue weighted by atomic mass is 10.2. The minimum atomic E-state index is 0.720. The van der Waals surface area contributed by atoms with Crippen molar-refractivity contribution in [1.82, 2.24) is 9.97 Å². The summed E-state index contributed by atoms with van der Waals surface area (Å²) in [5.41, 5.74) is 9.18. The maximum absolute atomic E-state index is 5.69. The third kappa shape index (κ3) is 1.57. The summed E-state index contributed by atoms with van der Waals surface area (Å²) in [5.74, 6) is 0. The molecule has 0 aromatic carbocycles. The topological polar surface area (TPSA) is 51.8 Å². The van der Waals surface area contributed by atoms with Gasteiger partial charge in [0.15, 0.2) is 0 Å². The highest BCUT2D eigenvalue weighted by molar-refractivity contribution is 5.60. The summed E-state index contributed by atoms with van der Waals surface area (Å²) in [5, 5.41) is 0. The fraction of sp³-hybridized carbons (Fsp3) is 0.0909. The van der Waals surface area contributed by atoms with Crippen molar-refractivity contribution in [2.75, 3.05) is 5.73 Å². The molecule has 0 amide bonds. The number of pyridine rings is 2. The van der Waals surface area contributed by atoms with Gasteiger partial charge in [-0.05, 0) is 31.2 Å². The Hall–Kier alpha value is -1.90. The molecule has 0 saturated heterocycles. The molecule has 70 valence electrons. The van der Waals surface area contributed by atoms with E-state index in [1.54, 1.807) is 12.4 Å². The first-order chi connectivity index (χ1) is 6.77. The summed E-state index contributed by atoms with van der Waals surface area (Å²) in [6.45, 7) is 1.90. The van der Waals surface area contributed by atoms with Gasteiger partial charge < -0.3 is 5.73 Å². The molecule has 0 saturated carbocycles. The summed E-state index contributed by atoms with van der Waals surface area (Å²) in [6.07, 6.45) is 3.53. The highest BCUT2D eigenvalue weighted by Crippen LogP contribution is 2.18. The Morgan fingerprint density at radius 3 is 2.71 bits per heavy atom. The van der Waals surface area contributed by atoms with Crippen LogP contribution in [0.25, 0.3) is 11.3 Å². The Morgan fingerprint density at radius 1 is 1.21 bits per heavy atom. The quantitative estimate of drug-likeness (QED) is 0.739. The first-order valence-electron chi connectivity index (χ1n) is 4.41. The summed E-state index contributed by atoms with van der Waals surface area (Å²) in [4.78, 5) is 8.42. The Bertz CT molecular complexity index is 438. The molecule has 0 atom stereocenters. The van der Waals surface area contributed by atoms with E-state index in [0.29, 0.717) is 0 Å². The van der Waals surface area contributed by atoms with Gasteiger partial charge in [-0.2, -0.15) is 0 Å². The molecule has 0 aliphatic carbocycles. The lowest BCUT2D eigenvalue weighted by Crippen LogP contribution is -1.94. The molecule has 3 nitrogen and oxygen atoms in total. The van der Waals surface area contributed by atoms with Crippen molar-refractivity contribution in [2.24, 2.45) is 0 Å². The number of aryl methyl sites for hydroxylation is 1. The number of nitrogen functional groups attached to an aromatic ring is 1. The van der Waals surface area contributed by atoms with E-state index in [1.807, 2.05) is 31.2 Å². The summed E-state index contributed by atoms with van der Waals surface area (Å²) in [6, 6.07) is 7.64. The molecule has 3 heteroatoms. The second-order valence-corrected chi connectivity index (χ2v) is 3.11. The van der Waals surface area contributed by atoms with Gasteiger partial charge in [0.2, 0.25) is 0 Å². The molecule has 0 bridgehead atoms. The lowest BCUT2D eigenvalue weighted by Gasteiger charge is -2.03. The van der Waals surface area contributed by atoms with Gasteiger partial charge in [0.05, 0.1) is 17.1 Å². The van der Waals surface area contributed by atoms with Crippen LogP contribution in [0.5, 0.6) is 0 Å². The molecular formula is C11H11N3. The second-order valence-electron chi connectivity index (χ2n) is 3.11. The Balaban J connectivity index is 2.48. The summed E-state index contributed by atoms with van der Waals surface area (Å²) < 4.78 is 0. The van der Waals surface area contributed by atoms with Crippen molar-refractivity contribution in [3.63, 3.8) is 0 Å². The zero-order valence-electron chi connectivity index (χ0n) is 7.94. The second kappa shape index (κ2) is 3.46. The molecule has 2 heterocycles. The minimum Gasteiger partial charge on any atom is -0.397 e. The fourth-order valence-corrected chi connectivity index (χ4v) is 1.25. The van der Waals surface area contributed by atoms with Gasteiger partial charge in [0.25, 0.3) is 0 Å². The molecule has 0 aliphatic rings. The van der Waals surface area contributed by atoms with Gasteiger partial charge in [-0.1, -0.05) is 0 Å². The van der Waals surface area contributed by atoms with Crippen LogP contribution < -0.4 is 5.73 Å². The largest absolute Gasteiger partial charge is 0.397 e. The smallest absolute Gasteiger partial charge is 0.0722 e. The van der Waals surface area contributed by atoms with E-state index in [-0.39, 0.29) is 0 Å². The van der Waals surface area contributed by atoms with Gasteiger partial charge in [0.1, 0.15) is 0 Å². The third-order valence-corrected chi connectivity index (χ3v) is 2.08. The van der Waals surface area contributed by atoms with Gasteiger partial charge in [-0.15, -0.1) is 0 Å². The monoisotopic (exact) mass is 185 g/mol. The molecule has 14 heavy (non-hydrogen) atoms. The van der Waals surface area contributed by atoms with E-state index in [9.17, 15) is 0 Å². The van der Waals surface area contributed by atoms with Crippen LogP contribution in [0.4, 0.5) is 5.69 Å². The van der Waals surface area contributed by atoms with Crippen molar-refractivity contribution >= 4 is 5.69 Å². The molecule has 2 rings (SSSR count). The Kier molecular flexibility index (Phi) is 2.14. The zero-order valence-corrected chi connectivity index (χ0v) is 7.94. The van der Waals surface area contributed by atoms with Gasteiger partial charge in [0, 0.05) is 18.0 Å². The predicted octanol–water partition coefficient (Wildman–Crippen LogP) is 2.03. The van der Waals surface area contributed by atoms with Crippen molar-refractivity contribution in [3.8, 4) is 11.3 Å². The van der Waals surface area contributed by atoms with E-state index in [2.05, 4.69) is 9.97 Å². The fourth-order valence-electron chi connectivity index (χ4n) is 1.25. The SMILES string of the molecule is Cc1nc(-c2cccnc2)ccc1N. The summed E-state index contributed by atoms with van der Waals surface area (Å²) >= 11 is 0. The van der Waals surface area contributed by atoms with Crippen LogP contribution >= 0.6 is 0 Å². The van der Waals surface area contributed by atoms with Crippen LogP contribution in [0.3, 0.4) is 0 Å². The molecular weight excluding hydrogens is 174 g/mol. The van der Waals surface area contributed by atoms with E-state index >= 15 is 0 Å². The van der Waals surface area contributed by atoms with E-state index < -0.39 is 0 Å². The highest BCUT2D eigenvalue weighted by Gasteiger charge is 2.00. The number of nitrogens with two attached hydrogens (primary N) is 1. The van der Waals surface area contributed by atoms with Crippen molar-refractivity contribution in [2.45, 2.75) is 6.92 Å². The van der Waals surface area contributed by atoms with Crippen LogP contribution in [0.15, 0.2) is 36.7 Å². The maximum Gasteiger partial charge on any atom is 0.0722 e. The third-order valence-electron chi connectivity index (χ3n) is 2.08.